The highest BCUT2D eigenvalue weighted by molar-refractivity contribution is 7.13. The van der Waals surface area contributed by atoms with Crippen LogP contribution in [0, 0.1) is 0 Å². The maximum atomic E-state index is 4.43. The molecule has 2 aromatic heterocycles. The van der Waals surface area contributed by atoms with E-state index in [0.717, 1.165) is 28.2 Å². The van der Waals surface area contributed by atoms with E-state index in [2.05, 4.69) is 69.2 Å². The first-order valence-electron chi connectivity index (χ1n) is 9.08. The zero-order valence-electron chi connectivity index (χ0n) is 15.1. The third-order valence-electron chi connectivity index (χ3n) is 4.70. The van der Waals surface area contributed by atoms with Crippen molar-refractivity contribution in [3.63, 3.8) is 0 Å². The second-order valence-electron chi connectivity index (χ2n) is 6.51. The van der Waals surface area contributed by atoms with Crippen molar-refractivity contribution in [2.75, 3.05) is 6.54 Å². The summed E-state index contributed by atoms with van der Waals surface area (Å²) in [6.45, 7) is 0.657. The number of benzene rings is 2. The molecular weight excluding hydrogens is 364 g/mol. The molecule has 5 heteroatoms. The lowest BCUT2D eigenvalue weighted by molar-refractivity contribution is -0.492. The molecule has 0 saturated heterocycles. The number of aromatic nitrogens is 1. The van der Waals surface area contributed by atoms with E-state index in [9.17, 15) is 0 Å². The Balaban J connectivity index is 1.34. The van der Waals surface area contributed by atoms with Gasteiger partial charge in [-0.15, -0.1) is 16.0 Å². The van der Waals surface area contributed by atoms with E-state index in [4.69, 9.17) is 0 Å². The van der Waals surface area contributed by atoms with E-state index in [1.54, 1.807) is 11.3 Å². The van der Waals surface area contributed by atoms with Crippen molar-refractivity contribution >= 4 is 22.7 Å². The molecule has 0 radical (unpaired) electrons. The molecule has 1 aliphatic heterocycles. The summed E-state index contributed by atoms with van der Waals surface area (Å²) in [6.07, 6.45) is 1.81. The lowest BCUT2D eigenvalue weighted by Gasteiger charge is -2.03. The Labute approximate surface area is 167 Å². The average molecular weight is 381 g/mol. The van der Waals surface area contributed by atoms with Crippen molar-refractivity contribution in [2.24, 2.45) is 10.3 Å². The first-order valence-corrected chi connectivity index (χ1v) is 9.96. The molecule has 28 heavy (non-hydrogen) atoms. The van der Waals surface area contributed by atoms with E-state index in [-0.39, 0.29) is 0 Å². The number of hydrogen-bond donors (Lipinski definition) is 0. The molecule has 0 amide bonds. The molecule has 0 unspecified atom stereocenters. The van der Waals surface area contributed by atoms with E-state index in [1.165, 1.54) is 10.4 Å². The highest BCUT2D eigenvalue weighted by atomic mass is 32.1. The van der Waals surface area contributed by atoms with Crippen LogP contribution in [0.4, 0.5) is 5.69 Å². The third-order valence-corrected chi connectivity index (χ3v) is 5.62. The largest absolute Gasteiger partial charge is 0.256 e. The van der Waals surface area contributed by atoms with Gasteiger partial charge in [-0.3, -0.25) is 4.98 Å². The quantitative estimate of drug-likeness (QED) is 0.400. The van der Waals surface area contributed by atoms with Gasteiger partial charge in [0.1, 0.15) is 5.22 Å². The smallest absolute Gasteiger partial charge is 0.231 e. The van der Waals surface area contributed by atoms with Crippen LogP contribution >= 0.6 is 11.3 Å². The van der Waals surface area contributed by atoms with Gasteiger partial charge >= 0.3 is 0 Å². The number of rotatable bonds is 4. The Morgan fingerprint density at radius 3 is 2.46 bits per heavy atom. The van der Waals surface area contributed by atoms with E-state index < -0.39 is 0 Å². The molecule has 0 atom stereocenters. The highest BCUT2D eigenvalue weighted by Gasteiger charge is 2.24. The molecule has 5 rings (SSSR count). The summed E-state index contributed by atoms with van der Waals surface area (Å²) in [5.41, 5.74) is 6.34. The van der Waals surface area contributed by atoms with Crippen LogP contribution in [-0.2, 0) is 0 Å². The van der Waals surface area contributed by atoms with Gasteiger partial charge in [-0.2, -0.15) is 0 Å². The highest BCUT2D eigenvalue weighted by Crippen LogP contribution is 2.27. The van der Waals surface area contributed by atoms with Gasteiger partial charge in [0.25, 0.3) is 0 Å². The van der Waals surface area contributed by atoms with Crippen molar-refractivity contribution in [1.29, 1.82) is 0 Å². The normalized spacial score (nSPS) is 13.3. The number of hydrogen-bond acceptors (Lipinski definition) is 4. The predicted octanol–water partition coefficient (Wildman–Crippen LogP) is 5.99. The van der Waals surface area contributed by atoms with Crippen molar-refractivity contribution < 1.29 is 4.70 Å². The van der Waals surface area contributed by atoms with Crippen LogP contribution in [0.15, 0.2) is 101 Å². The zero-order valence-corrected chi connectivity index (χ0v) is 15.9. The molecule has 0 aliphatic carbocycles. The van der Waals surface area contributed by atoms with Crippen LogP contribution in [-0.4, -0.2) is 21.9 Å². The molecular formula is C23H17N4S+. The van der Waals surface area contributed by atoms with Gasteiger partial charge in [-0.1, -0.05) is 48.5 Å². The number of thiophene rings is 1. The van der Waals surface area contributed by atoms with E-state index in [1.807, 2.05) is 41.2 Å². The predicted molar refractivity (Wildman–Crippen MR) is 113 cm³/mol. The Morgan fingerprint density at radius 2 is 1.68 bits per heavy atom. The van der Waals surface area contributed by atoms with Crippen LogP contribution in [0.2, 0.25) is 0 Å². The Morgan fingerprint density at radius 1 is 0.786 bits per heavy atom. The fraction of sp³-hybridized carbons (Fsp3) is 0.0435. The van der Waals surface area contributed by atoms with Crippen LogP contribution in [0.25, 0.3) is 21.7 Å². The van der Waals surface area contributed by atoms with Crippen molar-refractivity contribution in [1.82, 2.24) is 4.98 Å². The lowest BCUT2D eigenvalue weighted by atomic mass is 10.1. The zero-order chi connectivity index (χ0) is 18.8. The summed E-state index contributed by atoms with van der Waals surface area (Å²) in [7, 11) is 0. The molecule has 4 nitrogen and oxygen atoms in total. The van der Waals surface area contributed by atoms with E-state index in [0.29, 0.717) is 6.54 Å². The Hall–Kier alpha value is -3.44. The Kier molecular flexibility index (Phi) is 4.35. The second-order valence-corrected chi connectivity index (χ2v) is 7.46. The van der Waals surface area contributed by atoms with Gasteiger partial charge in [0, 0.05) is 22.2 Å². The molecule has 2 aromatic carbocycles. The minimum Gasteiger partial charge on any atom is -0.256 e. The van der Waals surface area contributed by atoms with Crippen LogP contribution in [0.3, 0.4) is 0 Å². The van der Waals surface area contributed by atoms with Crippen LogP contribution < -0.4 is 0 Å². The SMILES string of the molecule is c1ccc(-c2cccc([N+]3=NN=C(c4ccc(-c5cccs5)cc4)C3)c2)nc1. The minimum absolute atomic E-state index is 0.657. The summed E-state index contributed by atoms with van der Waals surface area (Å²) in [5, 5.41) is 10.9. The summed E-state index contributed by atoms with van der Waals surface area (Å²) in [5.74, 6) is 0. The van der Waals surface area contributed by atoms with Gasteiger partial charge in [-0.25, -0.2) is 0 Å². The average Bonchev–Trinajstić information content (AvgIpc) is 3.47. The second kappa shape index (κ2) is 7.29. The summed E-state index contributed by atoms with van der Waals surface area (Å²) in [6, 6.07) is 26.9. The summed E-state index contributed by atoms with van der Waals surface area (Å²) >= 11 is 1.75. The molecule has 0 spiro atoms. The van der Waals surface area contributed by atoms with Crippen LogP contribution in [0.1, 0.15) is 5.56 Å². The molecule has 4 aromatic rings. The summed E-state index contributed by atoms with van der Waals surface area (Å²) < 4.78 is 1.93. The lowest BCUT2D eigenvalue weighted by Crippen LogP contribution is -2.11. The first-order chi connectivity index (χ1) is 13.9. The van der Waals surface area contributed by atoms with Crippen molar-refractivity contribution in [3.8, 4) is 21.7 Å². The monoisotopic (exact) mass is 381 g/mol. The van der Waals surface area contributed by atoms with Crippen molar-refractivity contribution in [3.05, 3.63) is 96.0 Å². The van der Waals surface area contributed by atoms with Gasteiger partial charge in [0.05, 0.1) is 10.8 Å². The van der Waals surface area contributed by atoms with Gasteiger partial charge in [0.15, 0.2) is 12.2 Å². The fourth-order valence-corrected chi connectivity index (χ4v) is 3.97. The Bertz CT molecular complexity index is 1160. The minimum atomic E-state index is 0.657. The van der Waals surface area contributed by atoms with Crippen molar-refractivity contribution in [2.45, 2.75) is 0 Å². The number of nitrogens with zero attached hydrogens (tertiary/aromatic N) is 4. The summed E-state index contributed by atoms with van der Waals surface area (Å²) in [4.78, 5) is 5.71. The molecule has 3 heterocycles. The van der Waals surface area contributed by atoms with Crippen LogP contribution in [0.5, 0.6) is 0 Å². The number of pyridine rings is 1. The maximum absolute atomic E-state index is 4.43. The molecule has 0 N–H and O–H groups in total. The first kappa shape index (κ1) is 16.7. The molecule has 0 saturated carbocycles. The molecule has 0 fully saturated rings. The maximum Gasteiger partial charge on any atom is 0.231 e. The topological polar surface area (TPSA) is 40.6 Å². The van der Waals surface area contributed by atoms with E-state index >= 15 is 0 Å². The molecule has 134 valence electrons. The fourth-order valence-electron chi connectivity index (χ4n) is 3.23. The molecule has 0 bridgehead atoms. The standard InChI is InChI=1S/C23H17N4S/c1-2-13-24-21(7-1)19-5-3-6-20(15-19)27-16-22(25-26-27)17-9-11-18(12-10-17)23-8-4-14-28-23/h1-15H,16H2/q+1. The van der Waals surface area contributed by atoms with Gasteiger partial charge < -0.3 is 0 Å². The van der Waals surface area contributed by atoms with Gasteiger partial charge in [-0.05, 0) is 41.3 Å². The van der Waals surface area contributed by atoms with Gasteiger partial charge in [0.2, 0.25) is 5.71 Å². The third kappa shape index (κ3) is 3.28. The molecule has 1 aliphatic rings.